The van der Waals surface area contributed by atoms with E-state index in [1.807, 2.05) is 35.3 Å². The number of nitrogens with one attached hydrogen (secondary N) is 1. The first-order valence-electron chi connectivity index (χ1n) is 5.94. The van der Waals surface area contributed by atoms with E-state index in [0.717, 1.165) is 5.69 Å². The van der Waals surface area contributed by atoms with Crippen molar-refractivity contribution in [1.82, 2.24) is 5.43 Å². The Balaban J connectivity index is 2.27. The van der Waals surface area contributed by atoms with E-state index >= 15 is 0 Å². The minimum absolute atomic E-state index is 0.138. The number of nitro groups is 1. The van der Waals surface area contributed by atoms with Crippen molar-refractivity contribution in [1.29, 1.82) is 0 Å². The molecule has 0 atom stereocenters. The zero-order chi connectivity index (χ0) is 13.7. The summed E-state index contributed by atoms with van der Waals surface area (Å²) in [5, 5.41) is 12.9. The molecule has 0 aliphatic heterocycles. The van der Waals surface area contributed by atoms with Crippen molar-refractivity contribution < 1.29 is 4.92 Å². The molecular formula is C14H15N3O2. The van der Waals surface area contributed by atoms with Crippen molar-refractivity contribution in [2.75, 3.05) is 12.1 Å². The van der Waals surface area contributed by atoms with E-state index in [-0.39, 0.29) is 10.6 Å². The van der Waals surface area contributed by atoms with Crippen LogP contribution in [0, 0.1) is 10.1 Å². The zero-order valence-corrected chi connectivity index (χ0v) is 10.6. The van der Waals surface area contributed by atoms with E-state index in [9.17, 15) is 10.1 Å². The van der Waals surface area contributed by atoms with E-state index in [4.69, 9.17) is 0 Å². The molecule has 0 amide bonds. The Morgan fingerprint density at radius 3 is 2.37 bits per heavy atom. The number of anilines is 1. The Hall–Kier alpha value is -2.40. The van der Waals surface area contributed by atoms with Gasteiger partial charge in [-0.05, 0) is 12.1 Å². The van der Waals surface area contributed by atoms with Gasteiger partial charge in [0.15, 0.2) is 0 Å². The summed E-state index contributed by atoms with van der Waals surface area (Å²) in [7, 11) is 1.79. The first-order chi connectivity index (χ1) is 9.22. The first kappa shape index (κ1) is 13.0. The maximum absolute atomic E-state index is 11.0. The highest BCUT2D eigenvalue weighted by Gasteiger charge is 2.15. The molecule has 2 aromatic carbocycles. The zero-order valence-electron chi connectivity index (χ0n) is 10.6. The lowest BCUT2D eigenvalue weighted by Crippen LogP contribution is -2.34. The average molecular weight is 257 g/mol. The van der Waals surface area contributed by atoms with Gasteiger partial charge in [0.1, 0.15) is 0 Å². The van der Waals surface area contributed by atoms with Gasteiger partial charge in [0.25, 0.3) is 5.69 Å². The van der Waals surface area contributed by atoms with Gasteiger partial charge in [0.2, 0.25) is 0 Å². The molecule has 0 aliphatic rings. The summed E-state index contributed by atoms with van der Waals surface area (Å²) in [6.07, 6.45) is 0. The maximum Gasteiger partial charge on any atom is 0.274 e. The van der Waals surface area contributed by atoms with Gasteiger partial charge in [0.05, 0.1) is 22.7 Å². The van der Waals surface area contributed by atoms with Gasteiger partial charge in [-0.25, -0.2) is 5.43 Å². The lowest BCUT2D eigenvalue weighted by Gasteiger charge is -2.23. The van der Waals surface area contributed by atoms with Crippen LogP contribution >= 0.6 is 0 Å². The molecule has 2 aromatic rings. The molecule has 0 saturated heterocycles. The molecule has 0 fully saturated rings. The molecule has 1 N–H and O–H groups in total. The van der Waals surface area contributed by atoms with Gasteiger partial charge in [-0.1, -0.05) is 36.4 Å². The second-order valence-corrected chi connectivity index (χ2v) is 4.03. The molecule has 0 unspecified atom stereocenters. The van der Waals surface area contributed by atoms with E-state index in [0.29, 0.717) is 12.1 Å². The SMILES string of the molecule is CNN(Cc1ccccc1[N+](=O)[O-])c1ccccc1. The Morgan fingerprint density at radius 2 is 1.74 bits per heavy atom. The second kappa shape index (κ2) is 5.97. The molecule has 0 radical (unpaired) electrons. The van der Waals surface area contributed by atoms with Crippen LogP contribution in [-0.2, 0) is 6.54 Å². The fraction of sp³-hybridized carbons (Fsp3) is 0.143. The van der Waals surface area contributed by atoms with E-state index in [2.05, 4.69) is 5.43 Å². The van der Waals surface area contributed by atoms with Crippen LogP contribution in [0.4, 0.5) is 11.4 Å². The number of hydrogen-bond donors (Lipinski definition) is 1. The number of para-hydroxylation sites is 2. The number of nitrogens with zero attached hydrogens (tertiary/aromatic N) is 2. The van der Waals surface area contributed by atoms with Gasteiger partial charge in [-0.15, -0.1) is 0 Å². The largest absolute Gasteiger partial charge is 0.304 e. The Kier molecular flexibility index (Phi) is 4.10. The van der Waals surface area contributed by atoms with Gasteiger partial charge >= 0.3 is 0 Å². The van der Waals surface area contributed by atoms with Gasteiger partial charge in [-0.3, -0.25) is 10.1 Å². The van der Waals surface area contributed by atoms with Crippen molar-refractivity contribution in [3.05, 3.63) is 70.3 Å². The predicted octanol–water partition coefficient (Wildman–Crippen LogP) is 2.74. The number of hydrazine groups is 1. The Morgan fingerprint density at radius 1 is 1.11 bits per heavy atom. The van der Waals surface area contributed by atoms with Crippen LogP contribution < -0.4 is 10.4 Å². The van der Waals surface area contributed by atoms with Crippen LogP contribution in [0.15, 0.2) is 54.6 Å². The fourth-order valence-corrected chi connectivity index (χ4v) is 1.90. The summed E-state index contributed by atoms with van der Waals surface area (Å²) in [6, 6.07) is 16.5. The lowest BCUT2D eigenvalue weighted by molar-refractivity contribution is -0.385. The molecule has 98 valence electrons. The molecule has 0 heterocycles. The molecule has 2 rings (SSSR count). The highest BCUT2D eigenvalue weighted by atomic mass is 16.6. The molecule has 0 saturated carbocycles. The number of hydrogen-bond acceptors (Lipinski definition) is 4. The normalized spacial score (nSPS) is 10.2. The molecule has 0 aliphatic carbocycles. The number of rotatable bonds is 5. The minimum Gasteiger partial charge on any atom is -0.304 e. The quantitative estimate of drug-likeness (QED) is 0.661. The van der Waals surface area contributed by atoms with Crippen molar-refractivity contribution in [2.24, 2.45) is 0 Å². The highest BCUT2D eigenvalue weighted by molar-refractivity contribution is 5.48. The number of nitro benzene ring substituents is 1. The molecule has 5 nitrogen and oxygen atoms in total. The van der Waals surface area contributed by atoms with Gasteiger partial charge in [-0.2, -0.15) is 0 Å². The topological polar surface area (TPSA) is 58.4 Å². The Bertz CT molecular complexity index is 558. The first-order valence-corrected chi connectivity index (χ1v) is 5.94. The fourth-order valence-electron chi connectivity index (χ4n) is 1.90. The summed E-state index contributed by atoms with van der Waals surface area (Å²) in [5.41, 5.74) is 4.81. The van der Waals surface area contributed by atoms with Crippen molar-refractivity contribution in [3.8, 4) is 0 Å². The summed E-state index contributed by atoms with van der Waals surface area (Å²) < 4.78 is 0. The third-order valence-corrected chi connectivity index (χ3v) is 2.85. The molecular weight excluding hydrogens is 242 g/mol. The average Bonchev–Trinajstić information content (AvgIpc) is 2.46. The Labute approximate surface area is 111 Å². The maximum atomic E-state index is 11.0. The van der Waals surface area contributed by atoms with E-state index < -0.39 is 0 Å². The van der Waals surface area contributed by atoms with Crippen LogP contribution in [0.1, 0.15) is 5.56 Å². The monoisotopic (exact) mass is 257 g/mol. The van der Waals surface area contributed by atoms with E-state index in [1.165, 1.54) is 6.07 Å². The summed E-state index contributed by atoms with van der Waals surface area (Å²) in [4.78, 5) is 10.6. The highest BCUT2D eigenvalue weighted by Crippen LogP contribution is 2.21. The third kappa shape index (κ3) is 3.08. The molecule has 0 aromatic heterocycles. The second-order valence-electron chi connectivity index (χ2n) is 4.03. The van der Waals surface area contributed by atoms with Crippen molar-refractivity contribution >= 4 is 11.4 Å². The van der Waals surface area contributed by atoms with Gasteiger partial charge in [0, 0.05) is 13.1 Å². The minimum atomic E-state index is -0.353. The van der Waals surface area contributed by atoms with Crippen LogP contribution in [0.2, 0.25) is 0 Å². The molecule has 19 heavy (non-hydrogen) atoms. The van der Waals surface area contributed by atoms with Crippen LogP contribution in [0.5, 0.6) is 0 Å². The number of benzene rings is 2. The smallest absolute Gasteiger partial charge is 0.274 e. The van der Waals surface area contributed by atoms with Crippen molar-refractivity contribution in [2.45, 2.75) is 6.54 Å². The van der Waals surface area contributed by atoms with Crippen LogP contribution in [0.25, 0.3) is 0 Å². The molecule has 0 spiro atoms. The lowest BCUT2D eigenvalue weighted by atomic mass is 10.1. The van der Waals surface area contributed by atoms with Gasteiger partial charge < -0.3 is 5.01 Å². The summed E-state index contributed by atoms with van der Waals surface area (Å²) in [6.45, 7) is 0.428. The standard InChI is InChI=1S/C14H15N3O2/c1-15-16(13-8-3-2-4-9-13)11-12-7-5-6-10-14(12)17(18)19/h2-10,15H,11H2,1H3. The van der Waals surface area contributed by atoms with Crippen molar-refractivity contribution in [3.63, 3.8) is 0 Å². The molecule has 5 heteroatoms. The summed E-state index contributed by atoms with van der Waals surface area (Å²) >= 11 is 0. The molecule has 0 bridgehead atoms. The summed E-state index contributed by atoms with van der Waals surface area (Å²) in [5.74, 6) is 0. The third-order valence-electron chi connectivity index (χ3n) is 2.85. The predicted molar refractivity (Wildman–Crippen MR) is 74.8 cm³/mol. The van der Waals surface area contributed by atoms with Crippen LogP contribution in [-0.4, -0.2) is 12.0 Å². The van der Waals surface area contributed by atoms with E-state index in [1.54, 1.807) is 25.2 Å². The van der Waals surface area contributed by atoms with Crippen LogP contribution in [0.3, 0.4) is 0 Å².